The van der Waals surface area contributed by atoms with Gasteiger partial charge in [0.25, 0.3) is 0 Å². The van der Waals surface area contributed by atoms with Crippen LogP contribution >= 0.6 is 0 Å². The lowest BCUT2D eigenvalue weighted by Crippen LogP contribution is -2.33. The molecule has 1 aromatic carbocycles. The highest BCUT2D eigenvalue weighted by molar-refractivity contribution is 5.74. The Morgan fingerprint density at radius 2 is 2.14 bits per heavy atom. The van der Waals surface area contributed by atoms with Crippen LogP contribution in [0.15, 0.2) is 30.3 Å². The summed E-state index contributed by atoms with van der Waals surface area (Å²) in [5, 5.41) is 11.6. The summed E-state index contributed by atoms with van der Waals surface area (Å²) in [6.45, 7) is 0.217. The van der Waals surface area contributed by atoms with Crippen LogP contribution in [0.3, 0.4) is 0 Å². The van der Waals surface area contributed by atoms with Gasteiger partial charge in [0.1, 0.15) is 12.3 Å². The Bertz CT molecular complexity index is 325. The molecule has 2 rings (SSSR count). The predicted octanol–water partition coefficient (Wildman–Crippen LogP) is 0.758. The number of carboxylic acid groups (broad SMARTS) is 1. The maximum atomic E-state index is 10.6. The lowest BCUT2D eigenvalue weighted by molar-refractivity contribution is -0.139. The van der Waals surface area contributed by atoms with E-state index in [4.69, 9.17) is 9.84 Å². The van der Waals surface area contributed by atoms with E-state index >= 15 is 0 Å². The Kier molecular flexibility index (Phi) is 2.47. The van der Waals surface area contributed by atoms with Crippen LogP contribution in [-0.4, -0.2) is 23.7 Å². The second-order valence-corrected chi connectivity index (χ2v) is 3.18. The molecule has 0 spiro atoms. The molecule has 1 heterocycles. The number of carbonyl (C=O) groups is 1. The SMILES string of the molecule is O=C(O)[C@@H]1COC(c2ccccc2)N1. The molecule has 0 aromatic heterocycles. The number of hydrogen-bond donors (Lipinski definition) is 2. The average Bonchev–Trinajstić information content (AvgIpc) is 2.68. The Morgan fingerprint density at radius 3 is 2.71 bits per heavy atom. The van der Waals surface area contributed by atoms with Crippen molar-refractivity contribution in [3.05, 3.63) is 35.9 Å². The molecule has 2 N–H and O–H groups in total. The van der Waals surface area contributed by atoms with E-state index in [1.807, 2.05) is 30.3 Å². The van der Waals surface area contributed by atoms with Gasteiger partial charge in [-0.25, -0.2) is 0 Å². The van der Waals surface area contributed by atoms with Crippen LogP contribution in [0.1, 0.15) is 11.8 Å². The molecule has 14 heavy (non-hydrogen) atoms. The molecule has 0 saturated carbocycles. The molecular formula is C10H11NO3. The molecule has 1 unspecified atom stereocenters. The fourth-order valence-corrected chi connectivity index (χ4v) is 1.43. The molecule has 1 aromatic rings. The molecule has 1 fully saturated rings. The van der Waals surface area contributed by atoms with Gasteiger partial charge in [0.05, 0.1) is 6.61 Å². The molecule has 1 saturated heterocycles. The number of carboxylic acids is 1. The van der Waals surface area contributed by atoms with Crippen molar-refractivity contribution >= 4 is 5.97 Å². The normalized spacial score (nSPS) is 26.3. The van der Waals surface area contributed by atoms with E-state index in [-0.39, 0.29) is 12.8 Å². The Hall–Kier alpha value is -1.39. The summed E-state index contributed by atoms with van der Waals surface area (Å²) in [6.07, 6.45) is -0.294. The van der Waals surface area contributed by atoms with Gasteiger partial charge in [-0.3, -0.25) is 10.1 Å². The summed E-state index contributed by atoms with van der Waals surface area (Å²) in [5.74, 6) is -0.872. The zero-order valence-electron chi connectivity index (χ0n) is 7.51. The quantitative estimate of drug-likeness (QED) is 0.728. The van der Waals surface area contributed by atoms with Gasteiger partial charge in [-0.2, -0.15) is 0 Å². The minimum Gasteiger partial charge on any atom is -0.480 e. The van der Waals surface area contributed by atoms with E-state index in [0.29, 0.717) is 0 Å². The summed E-state index contributed by atoms with van der Waals surface area (Å²) < 4.78 is 5.32. The van der Waals surface area contributed by atoms with Crippen molar-refractivity contribution in [3.8, 4) is 0 Å². The standard InChI is InChI=1S/C10H11NO3/c12-10(13)8-6-14-9(11-8)7-4-2-1-3-5-7/h1-5,8-9,11H,6H2,(H,12,13)/t8-,9?/m0/s1. The van der Waals surface area contributed by atoms with Crippen molar-refractivity contribution in [2.45, 2.75) is 12.3 Å². The van der Waals surface area contributed by atoms with Crippen molar-refractivity contribution in [2.24, 2.45) is 0 Å². The molecule has 0 amide bonds. The average molecular weight is 193 g/mol. The van der Waals surface area contributed by atoms with Gasteiger partial charge in [-0.15, -0.1) is 0 Å². The predicted molar refractivity (Wildman–Crippen MR) is 49.7 cm³/mol. The molecular weight excluding hydrogens is 182 g/mol. The van der Waals surface area contributed by atoms with E-state index in [0.717, 1.165) is 5.56 Å². The van der Waals surface area contributed by atoms with Crippen LogP contribution in [0.4, 0.5) is 0 Å². The van der Waals surface area contributed by atoms with Gasteiger partial charge in [0.15, 0.2) is 0 Å². The smallest absolute Gasteiger partial charge is 0.323 e. The summed E-state index contributed by atoms with van der Waals surface area (Å²) in [4.78, 5) is 10.6. The van der Waals surface area contributed by atoms with Gasteiger partial charge >= 0.3 is 5.97 Å². The lowest BCUT2D eigenvalue weighted by Gasteiger charge is -2.09. The van der Waals surface area contributed by atoms with Gasteiger partial charge in [0.2, 0.25) is 0 Å². The van der Waals surface area contributed by atoms with Crippen molar-refractivity contribution < 1.29 is 14.6 Å². The Balaban J connectivity index is 2.06. The van der Waals surface area contributed by atoms with E-state index in [1.54, 1.807) is 0 Å². The molecule has 0 bridgehead atoms. The first-order chi connectivity index (χ1) is 6.77. The maximum Gasteiger partial charge on any atom is 0.323 e. The third-order valence-corrected chi connectivity index (χ3v) is 2.18. The molecule has 74 valence electrons. The highest BCUT2D eigenvalue weighted by Crippen LogP contribution is 2.19. The summed E-state index contributed by atoms with van der Waals surface area (Å²) >= 11 is 0. The fourth-order valence-electron chi connectivity index (χ4n) is 1.43. The molecule has 4 heteroatoms. The van der Waals surface area contributed by atoms with Crippen molar-refractivity contribution in [1.82, 2.24) is 5.32 Å². The zero-order chi connectivity index (χ0) is 9.97. The topological polar surface area (TPSA) is 58.6 Å². The number of rotatable bonds is 2. The van der Waals surface area contributed by atoms with Gasteiger partial charge in [-0.05, 0) is 5.56 Å². The minimum atomic E-state index is -0.872. The number of nitrogens with one attached hydrogen (secondary N) is 1. The molecule has 4 nitrogen and oxygen atoms in total. The number of aliphatic carboxylic acids is 1. The second kappa shape index (κ2) is 3.77. The number of ether oxygens (including phenoxy) is 1. The van der Waals surface area contributed by atoms with E-state index in [1.165, 1.54) is 0 Å². The van der Waals surface area contributed by atoms with Crippen LogP contribution in [0.5, 0.6) is 0 Å². The van der Waals surface area contributed by atoms with Gasteiger partial charge in [0, 0.05) is 0 Å². The van der Waals surface area contributed by atoms with Crippen molar-refractivity contribution in [2.75, 3.05) is 6.61 Å². The van der Waals surface area contributed by atoms with E-state index in [9.17, 15) is 4.79 Å². The third kappa shape index (κ3) is 1.76. The molecule has 1 aliphatic rings. The monoisotopic (exact) mass is 193 g/mol. The van der Waals surface area contributed by atoms with Crippen molar-refractivity contribution in [3.63, 3.8) is 0 Å². The summed E-state index contributed by atoms with van der Waals surface area (Å²) in [5.41, 5.74) is 0.955. The van der Waals surface area contributed by atoms with Crippen LogP contribution in [0.25, 0.3) is 0 Å². The first-order valence-corrected chi connectivity index (χ1v) is 4.43. The first-order valence-electron chi connectivity index (χ1n) is 4.43. The van der Waals surface area contributed by atoms with Crippen molar-refractivity contribution in [1.29, 1.82) is 0 Å². The van der Waals surface area contributed by atoms with Crippen LogP contribution < -0.4 is 5.32 Å². The highest BCUT2D eigenvalue weighted by atomic mass is 16.5. The van der Waals surface area contributed by atoms with E-state index in [2.05, 4.69) is 5.32 Å². The minimum absolute atomic E-state index is 0.217. The highest BCUT2D eigenvalue weighted by Gasteiger charge is 2.30. The zero-order valence-corrected chi connectivity index (χ0v) is 7.51. The Labute approximate surface area is 81.5 Å². The second-order valence-electron chi connectivity index (χ2n) is 3.18. The largest absolute Gasteiger partial charge is 0.480 e. The maximum absolute atomic E-state index is 10.6. The molecule has 0 aliphatic carbocycles. The molecule has 0 radical (unpaired) electrons. The summed E-state index contributed by atoms with van der Waals surface area (Å²) in [6, 6.07) is 8.92. The van der Waals surface area contributed by atoms with Crippen LogP contribution in [0.2, 0.25) is 0 Å². The number of benzene rings is 1. The van der Waals surface area contributed by atoms with Gasteiger partial charge in [-0.1, -0.05) is 30.3 Å². The third-order valence-electron chi connectivity index (χ3n) is 2.18. The van der Waals surface area contributed by atoms with Crippen LogP contribution in [0, 0.1) is 0 Å². The number of hydrogen-bond acceptors (Lipinski definition) is 3. The van der Waals surface area contributed by atoms with Gasteiger partial charge < -0.3 is 9.84 Å². The van der Waals surface area contributed by atoms with Crippen LogP contribution in [-0.2, 0) is 9.53 Å². The molecule has 1 aliphatic heterocycles. The fraction of sp³-hybridized carbons (Fsp3) is 0.300. The molecule has 2 atom stereocenters. The first kappa shape index (κ1) is 9.18. The summed E-state index contributed by atoms with van der Waals surface area (Å²) in [7, 11) is 0. The Morgan fingerprint density at radius 1 is 1.43 bits per heavy atom. The lowest BCUT2D eigenvalue weighted by atomic mass is 10.2. The van der Waals surface area contributed by atoms with E-state index < -0.39 is 12.0 Å².